The Hall–Kier alpha value is -0.390. The SMILES string of the molecule is CC(C)C(C)(CN)NC(=O)c1ccc(Br)cc1Br. The number of carbonyl (C=O) groups excluding carboxylic acids is 1. The van der Waals surface area contributed by atoms with E-state index in [0.717, 1.165) is 8.95 Å². The van der Waals surface area contributed by atoms with Crippen molar-refractivity contribution in [3.05, 3.63) is 32.7 Å². The Labute approximate surface area is 125 Å². The molecule has 0 aromatic heterocycles. The first-order chi connectivity index (χ1) is 8.30. The van der Waals surface area contributed by atoms with Crippen LogP contribution in [0.5, 0.6) is 0 Å². The van der Waals surface area contributed by atoms with E-state index in [0.29, 0.717) is 12.1 Å². The van der Waals surface area contributed by atoms with Crippen molar-refractivity contribution in [2.45, 2.75) is 26.3 Å². The predicted octanol–water partition coefficient (Wildman–Crippen LogP) is 3.31. The Balaban J connectivity index is 2.95. The number of hydrogen-bond acceptors (Lipinski definition) is 2. The van der Waals surface area contributed by atoms with Gasteiger partial charge >= 0.3 is 0 Å². The van der Waals surface area contributed by atoms with Gasteiger partial charge in [0.05, 0.1) is 11.1 Å². The highest BCUT2D eigenvalue weighted by Crippen LogP contribution is 2.23. The predicted molar refractivity (Wildman–Crippen MR) is 81.6 cm³/mol. The number of hydrogen-bond donors (Lipinski definition) is 2. The first kappa shape index (κ1) is 15.7. The summed E-state index contributed by atoms with van der Waals surface area (Å²) in [7, 11) is 0. The number of nitrogens with one attached hydrogen (secondary N) is 1. The maximum Gasteiger partial charge on any atom is 0.252 e. The van der Waals surface area contributed by atoms with E-state index in [1.165, 1.54) is 0 Å². The van der Waals surface area contributed by atoms with E-state index >= 15 is 0 Å². The average molecular weight is 378 g/mol. The molecule has 100 valence electrons. The summed E-state index contributed by atoms with van der Waals surface area (Å²) >= 11 is 6.75. The lowest BCUT2D eigenvalue weighted by atomic mass is 9.88. The average Bonchev–Trinajstić information content (AvgIpc) is 2.28. The van der Waals surface area contributed by atoms with Crippen LogP contribution in [0.3, 0.4) is 0 Å². The van der Waals surface area contributed by atoms with Crippen LogP contribution in [0, 0.1) is 5.92 Å². The van der Waals surface area contributed by atoms with Crippen molar-refractivity contribution in [1.29, 1.82) is 0 Å². The van der Waals surface area contributed by atoms with Crippen LogP contribution in [0.4, 0.5) is 0 Å². The Bertz CT molecular complexity index is 449. The molecule has 0 radical (unpaired) electrons. The van der Waals surface area contributed by atoms with Gasteiger partial charge in [-0.15, -0.1) is 0 Å². The molecule has 0 saturated heterocycles. The van der Waals surface area contributed by atoms with E-state index in [4.69, 9.17) is 5.73 Å². The monoisotopic (exact) mass is 376 g/mol. The summed E-state index contributed by atoms with van der Waals surface area (Å²) in [6, 6.07) is 5.47. The topological polar surface area (TPSA) is 55.1 Å². The van der Waals surface area contributed by atoms with Crippen LogP contribution in [0.1, 0.15) is 31.1 Å². The van der Waals surface area contributed by atoms with Gasteiger partial charge in [-0.3, -0.25) is 4.79 Å². The highest BCUT2D eigenvalue weighted by Gasteiger charge is 2.29. The van der Waals surface area contributed by atoms with Gasteiger partial charge < -0.3 is 11.1 Å². The first-order valence-electron chi connectivity index (χ1n) is 5.78. The van der Waals surface area contributed by atoms with Crippen LogP contribution < -0.4 is 11.1 Å². The molecule has 3 nitrogen and oxygen atoms in total. The third-order valence-corrected chi connectivity index (χ3v) is 4.42. The van der Waals surface area contributed by atoms with Crippen LogP contribution >= 0.6 is 31.9 Å². The lowest BCUT2D eigenvalue weighted by Gasteiger charge is -2.33. The number of nitrogens with two attached hydrogens (primary N) is 1. The lowest BCUT2D eigenvalue weighted by molar-refractivity contribution is 0.0882. The zero-order valence-corrected chi connectivity index (χ0v) is 13.9. The van der Waals surface area contributed by atoms with Crippen LogP contribution in [0.2, 0.25) is 0 Å². The van der Waals surface area contributed by atoms with Crippen molar-refractivity contribution < 1.29 is 4.79 Å². The Morgan fingerprint density at radius 3 is 2.50 bits per heavy atom. The summed E-state index contributed by atoms with van der Waals surface area (Å²) in [5, 5.41) is 3.01. The molecule has 0 aliphatic heterocycles. The standard InChI is InChI=1S/C13H18Br2N2O/c1-8(2)13(3,7-16)17-12(18)10-5-4-9(14)6-11(10)15/h4-6,8H,7,16H2,1-3H3,(H,17,18). The van der Waals surface area contributed by atoms with Crippen molar-refractivity contribution in [1.82, 2.24) is 5.32 Å². The Morgan fingerprint density at radius 1 is 1.44 bits per heavy atom. The molecule has 18 heavy (non-hydrogen) atoms. The minimum absolute atomic E-state index is 0.115. The normalized spacial score (nSPS) is 14.4. The highest BCUT2D eigenvalue weighted by molar-refractivity contribution is 9.11. The summed E-state index contributed by atoms with van der Waals surface area (Å²) in [4.78, 5) is 12.2. The van der Waals surface area contributed by atoms with Gasteiger partial charge in [0.1, 0.15) is 0 Å². The number of rotatable bonds is 4. The lowest BCUT2D eigenvalue weighted by Crippen LogP contribution is -2.55. The van der Waals surface area contributed by atoms with Crippen LogP contribution in [-0.2, 0) is 0 Å². The van der Waals surface area contributed by atoms with E-state index < -0.39 is 5.54 Å². The molecule has 0 aliphatic carbocycles. The molecule has 0 heterocycles. The molecular formula is C13H18Br2N2O. The number of amides is 1. The fourth-order valence-corrected chi connectivity index (χ4v) is 2.66. The molecule has 1 unspecified atom stereocenters. The molecule has 0 spiro atoms. The van der Waals surface area contributed by atoms with Crippen molar-refractivity contribution >= 4 is 37.8 Å². The molecule has 5 heteroatoms. The molecule has 1 amide bonds. The van der Waals surface area contributed by atoms with Crippen LogP contribution in [0.15, 0.2) is 27.1 Å². The first-order valence-corrected chi connectivity index (χ1v) is 7.36. The van der Waals surface area contributed by atoms with Crippen LogP contribution in [-0.4, -0.2) is 18.0 Å². The Kier molecular flexibility index (Phi) is 5.37. The number of carbonyl (C=O) groups is 1. The largest absolute Gasteiger partial charge is 0.345 e. The van der Waals surface area contributed by atoms with Gasteiger partial charge in [0.15, 0.2) is 0 Å². The summed E-state index contributed by atoms with van der Waals surface area (Å²) < 4.78 is 1.69. The molecule has 0 fully saturated rings. The molecule has 0 aliphatic rings. The molecule has 1 aromatic carbocycles. The molecule has 3 N–H and O–H groups in total. The molecule has 0 bridgehead atoms. The molecular weight excluding hydrogens is 360 g/mol. The summed E-state index contributed by atoms with van der Waals surface area (Å²) in [5.41, 5.74) is 5.97. The number of benzene rings is 1. The fraction of sp³-hybridized carbons (Fsp3) is 0.462. The second kappa shape index (κ2) is 6.17. The minimum Gasteiger partial charge on any atom is -0.345 e. The molecule has 1 atom stereocenters. The van der Waals surface area contributed by atoms with Gasteiger partial charge in [-0.05, 0) is 47.0 Å². The van der Waals surface area contributed by atoms with Crippen molar-refractivity contribution in [2.75, 3.05) is 6.54 Å². The Morgan fingerprint density at radius 2 is 2.06 bits per heavy atom. The zero-order chi connectivity index (χ0) is 13.9. The quantitative estimate of drug-likeness (QED) is 0.845. The van der Waals surface area contributed by atoms with Gasteiger partial charge in [-0.25, -0.2) is 0 Å². The second-order valence-electron chi connectivity index (χ2n) is 4.85. The minimum atomic E-state index is -0.399. The summed E-state index contributed by atoms with van der Waals surface area (Å²) in [5.74, 6) is 0.150. The maximum absolute atomic E-state index is 12.2. The zero-order valence-electron chi connectivity index (χ0n) is 10.8. The van der Waals surface area contributed by atoms with Crippen LogP contribution in [0.25, 0.3) is 0 Å². The maximum atomic E-state index is 12.2. The van der Waals surface area contributed by atoms with Crippen molar-refractivity contribution in [3.8, 4) is 0 Å². The molecule has 1 aromatic rings. The third-order valence-electron chi connectivity index (χ3n) is 3.27. The van der Waals surface area contributed by atoms with E-state index in [9.17, 15) is 4.79 Å². The highest BCUT2D eigenvalue weighted by atomic mass is 79.9. The van der Waals surface area contributed by atoms with Gasteiger partial charge in [-0.2, -0.15) is 0 Å². The van der Waals surface area contributed by atoms with E-state index in [1.54, 1.807) is 6.07 Å². The van der Waals surface area contributed by atoms with Crippen molar-refractivity contribution in [3.63, 3.8) is 0 Å². The smallest absolute Gasteiger partial charge is 0.252 e. The van der Waals surface area contributed by atoms with Crippen molar-refractivity contribution in [2.24, 2.45) is 11.7 Å². The van der Waals surface area contributed by atoms with E-state index in [-0.39, 0.29) is 11.8 Å². The second-order valence-corrected chi connectivity index (χ2v) is 6.62. The third kappa shape index (κ3) is 3.56. The molecule has 1 rings (SSSR count). The molecule has 0 saturated carbocycles. The summed E-state index contributed by atoms with van der Waals surface area (Å²) in [6.45, 7) is 6.46. The van der Waals surface area contributed by atoms with Gasteiger partial charge in [0.25, 0.3) is 5.91 Å². The fourth-order valence-electron chi connectivity index (χ4n) is 1.43. The van der Waals surface area contributed by atoms with E-state index in [2.05, 4.69) is 37.2 Å². The van der Waals surface area contributed by atoms with Gasteiger partial charge in [-0.1, -0.05) is 29.8 Å². The van der Waals surface area contributed by atoms with E-state index in [1.807, 2.05) is 32.9 Å². The van der Waals surface area contributed by atoms with Gasteiger partial charge in [0, 0.05) is 15.5 Å². The van der Waals surface area contributed by atoms with Gasteiger partial charge in [0.2, 0.25) is 0 Å². The number of halogens is 2. The summed E-state index contributed by atoms with van der Waals surface area (Å²) in [6.07, 6.45) is 0.